The number of benzene rings is 1. The van der Waals surface area contributed by atoms with E-state index in [1.54, 1.807) is 24.4 Å². The third-order valence-electron chi connectivity index (χ3n) is 3.98. The van der Waals surface area contributed by atoms with E-state index < -0.39 is 15.6 Å². The zero-order valence-electron chi connectivity index (χ0n) is 15.3. The van der Waals surface area contributed by atoms with Crippen molar-refractivity contribution in [2.24, 2.45) is 0 Å². The molecule has 0 aliphatic carbocycles. The Labute approximate surface area is 160 Å². The normalized spacial score (nSPS) is 11.7. The molecule has 0 saturated heterocycles. The molecule has 0 amide bonds. The van der Waals surface area contributed by atoms with Gasteiger partial charge in [0.25, 0.3) is 5.56 Å². The van der Waals surface area contributed by atoms with Crippen molar-refractivity contribution in [2.45, 2.75) is 25.3 Å². The summed E-state index contributed by atoms with van der Waals surface area (Å²) in [4.78, 5) is 17.9. The van der Waals surface area contributed by atoms with Crippen molar-refractivity contribution in [2.75, 3.05) is 14.2 Å². The van der Waals surface area contributed by atoms with Gasteiger partial charge in [-0.15, -0.1) is 11.3 Å². The third-order valence-corrected chi connectivity index (χ3v) is 6.41. The van der Waals surface area contributed by atoms with E-state index in [1.807, 2.05) is 6.92 Å². The lowest BCUT2D eigenvalue weighted by Gasteiger charge is -2.12. The molecule has 1 aromatic carbocycles. The van der Waals surface area contributed by atoms with Crippen LogP contribution in [0.2, 0.25) is 0 Å². The lowest BCUT2D eigenvalue weighted by Crippen LogP contribution is -2.32. The molecule has 0 spiro atoms. The van der Waals surface area contributed by atoms with Crippen molar-refractivity contribution >= 4 is 26.3 Å². The third kappa shape index (κ3) is 3.68. The van der Waals surface area contributed by atoms with Gasteiger partial charge in [0, 0.05) is 23.2 Å². The van der Waals surface area contributed by atoms with Crippen molar-refractivity contribution in [3.8, 4) is 11.5 Å². The second-order valence-electron chi connectivity index (χ2n) is 5.83. The molecule has 10 heteroatoms. The molecule has 0 aliphatic rings. The van der Waals surface area contributed by atoms with Gasteiger partial charge in [-0.05, 0) is 32.0 Å². The minimum Gasteiger partial charge on any atom is -0.497 e. The summed E-state index contributed by atoms with van der Waals surface area (Å²) >= 11 is 1.33. The summed E-state index contributed by atoms with van der Waals surface area (Å²) < 4.78 is 39.8. The lowest BCUT2D eigenvalue weighted by atomic mass is 10.2. The standard InChI is InChI=1S/C17H19N3O5S2/c1-10-9-20-16(21)15(11(2)19-17(20)26-10)27(22,23)18-8-12-7-13(24-3)5-6-14(12)25-4/h5-7,9,18H,8H2,1-4H3. The Bertz CT molecular complexity index is 1170. The fraction of sp³-hybridized carbons (Fsp3) is 0.294. The van der Waals surface area contributed by atoms with E-state index in [2.05, 4.69) is 9.71 Å². The van der Waals surface area contributed by atoms with Crippen LogP contribution in [-0.2, 0) is 16.6 Å². The zero-order chi connectivity index (χ0) is 19.8. The van der Waals surface area contributed by atoms with Crippen LogP contribution in [0.1, 0.15) is 16.1 Å². The Morgan fingerprint density at radius 1 is 1.22 bits per heavy atom. The van der Waals surface area contributed by atoms with Crippen LogP contribution in [0.15, 0.2) is 34.1 Å². The molecular weight excluding hydrogens is 390 g/mol. The van der Waals surface area contributed by atoms with Gasteiger partial charge in [0.05, 0.1) is 19.9 Å². The number of aromatic nitrogens is 2. The van der Waals surface area contributed by atoms with Gasteiger partial charge in [-0.1, -0.05) is 0 Å². The number of nitrogens with zero attached hydrogens (tertiary/aromatic N) is 2. The van der Waals surface area contributed by atoms with E-state index in [1.165, 1.54) is 36.9 Å². The highest BCUT2D eigenvalue weighted by molar-refractivity contribution is 7.89. The first kappa shape index (κ1) is 19.3. The molecular formula is C17H19N3O5S2. The lowest BCUT2D eigenvalue weighted by molar-refractivity contribution is 0.398. The van der Waals surface area contributed by atoms with E-state index >= 15 is 0 Å². The van der Waals surface area contributed by atoms with Gasteiger partial charge in [-0.2, -0.15) is 0 Å². The van der Waals surface area contributed by atoms with Crippen molar-refractivity contribution in [1.82, 2.24) is 14.1 Å². The highest BCUT2D eigenvalue weighted by Crippen LogP contribution is 2.24. The van der Waals surface area contributed by atoms with Gasteiger partial charge in [-0.3, -0.25) is 9.20 Å². The second-order valence-corrected chi connectivity index (χ2v) is 8.75. The molecule has 0 atom stereocenters. The topological polar surface area (TPSA) is 99.0 Å². The molecule has 2 aromatic heterocycles. The molecule has 0 aliphatic heterocycles. The van der Waals surface area contributed by atoms with E-state index in [9.17, 15) is 13.2 Å². The van der Waals surface area contributed by atoms with E-state index in [4.69, 9.17) is 9.47 Å². The summed E-state index contributed by atoms with van der Waals surface area (Å²) in [6, 6.07) is 5.07. The number of aryl methyl sites for hydroxylation is 2. The maximum Gasteiger partial charge on any atom is 0.279 e. The molecule has 8 nitrogen and oxygen atoms in total. The first-order valence-electron chi connectivity index (χ1n) is 7.97. The quantitative estimate of drug-likeness (QED) is 0.667. The Kier molecular flexibility index (Phi) is 5.22. The molecule has 1 N–H and O–H groups in total. The first-order valence-corrected chi connectivity index (χ1v) is 10.3. The smallest absolute Gasteiger partial charge is 0.279 e. The Hall–Kier alpha value is -2.43. The number of ether oxygens (including phenoxy) is 2. The van der Waals surface area contributed by atoms with Crippen LogP contribution < -0.4 is 19.8 Å². The number of fused-ring (bicyclic) bond motifs is 1. The monoisotopic (exact) mass is 409 g/mol. The average molecular weight is 409 g/mol. The highest BCUT2D eigenvalue weighted by Gasteiger charge is 2.24. The number of thiazole rings is 1. The zero-order valence-corrected chi connectivity index (χ0v) is 16.9. The van der Waals surface area contributed by atoms with E-state index in [-0.39, 0.29) is 17.1 Å². The summed E-state index contributed by atoms with van der Waals surface area (Å²) in [7, 11) is -1.07. The van der Waals surface area contributed by atoms with Gasteiger partial charge in [0.15, 0.2) is 9.86 Å². The van der Waals surface area contributed by atoms with Crippen molar-refractivity contribution in [3.63, 3.8) is 0 Å². The SMILES string of the molecule is COc1ccc(OC)c(CNS(=O)(=O)c2c(C)nc3sc(C)cn3c2=O)c1. The average Bonchev–Trinajstić information content (AvgIpc) is 3.00. The number of nitrogens with one attached hydrogen (secondary N) is 1. The summed E-state index contributed by atoms with van der Waals surface area (Å²) in [6.07, 6.45) is 1.58. The predicted octanol–water partition coefficient (Wildman–Crippen LogP) is 1.87. The summed E-state index contributed by atoms with van der Waals surface area (Å²) in [5.74, 6) is 1.08. The van der Waals surface area contributed by atoms with Gasteiger partial charge >= 0.3 is 0 Å². The number of hydrogen-bond donors (Lipinski definition) is 1. The van der Waals surface area contributed by atoms with Crippen molar-refractivity contribution in [3.05, 3.63) is 50.9 Å². The number of hydrogen-bond acceptors (Lipinski definition) is 7. The van der Waals surface area contributed by atoms with Crippen LogP contribution in [0.5, 0.6) is 11.5 Å². The Balaban J connectivity index is 1.99. The summed E-state index contributed by atoms with van der Waals surface area (Å²) in [6.45, 7) is 3.28. The fourth-order valence-corrected chi connectivity index (χ4v) is 4.83. The van der Waals surface area contributed by atoms with Crippen molar-refractivity contribution < 1.29 is 17.9 Å². The predicted molar refractivity (Wildman–Crippen MR) is 102 cm³/mol. The molecule has 3 rings (SSSR count). The number of rotatable bonds is 6. The molecule has 2 heterocycles. The van der Waals surface area contributed by atoms with E-state index in [0.29, 0.717) is 22.0 Å². The first-order chi connectivity index (χ1) is 12.8. The van der Waals surface area contributed by atoms with Crippen LogP contribution in [-0.4, -0.2) is 32.0 Å². The molecule has 27 heavy (non-hydrogen) atoms. The van der Waals surface area contributed by atoms with Crippen molar-refractivity contribution in [1.29, 1.82) is 0 Å². The second kappa shape index (κ2) is 7.29. The largest absolute Gasteiger partial charge is 0.497 e. The summed E-state index contributed by atoms with van der Waals surface area (Å²) in [5.41, 5.74) is 0.123. The highest BCUT2D eigenvalue weighted by atomic mass is 32.2. The fourth-order valence-electron chi connectivity index (χ4n) is 2.71. The molecule has 3 aromatic rings. The van der Waals surface area contributed by atoms with Crippen LogP contribution >= 0.6 is 11.3 Å². The molecule has 144 valence electrons. The molecule has 0 fully saturated rings. The molecule has 0 saturated carbocycles. The number of sulfonamides is 1. The van der Waals surface area contributed by atoms with Gasteiger partial charge in [0.2, 0.25) is 10.0 Å². The van der Waals surface area contributed by atoms with Crippen LogP contribution in [0.4, 0.5) is 0 Å². The van der Waals surface area contributed by atoms with Crippen LogP contribution in [0.25, 0.3) is 4.96 Å². The molecule has 0 radical (unpaired) electrons. The number of methoxy groups -OCH3 is 2. The van der Waals surface area contributed by atoms with Crippen LogP contribution in [0, 0.1) is 13.8 Å². The van der Waals surface area contributed by atoms with Gasteiger partial charge < -0.3 is 9.47 Å². The van der Waals surface area contributed by atoms with E-state index in [0.717, 1.165) is 4.88 Å². The summed E-state index contributed by atoms with van der Waals surface area (Å²) in [5, 5.41) is 0. The molecule has 0 bridgehead atoms. The minimum absolute atomic E-state index is 0.0625. The van der Waals surface area contributed by atoms with Crippen LogP contribution in [0.3, 0.4) is 0 Å². The van der Waals surface area contributed by atoms with Gasteiger partial charge in [-0.25, -0.2) is 18.1 Å². The minimum atomic E-state index is -4.08. The van der Waals surface area contributed by atoms with Gasteiger partial charge in [0.1, 0.15) is 11.5 Å². The Morgan fingerprint density at radius 2 is 1.96 bits per heavy atom. The maximum atomic E-state index is 12.8. The maximum absolute atomic E-state index is 12.8. The molecule has 0 unspecified atom stereocenters. The Morgan fingerprint density at radius 3 is 2.63 bits per heavy atom.